The summed E-state index contributed by atoms with van der Waals surface area (Å²) in [7, 11) is 2.15. The molecule has 16 heavy (non-hydrogen) atoms. The topological polar surface area (TPSA) is 44.5 Å². The predicted octanol–water partition coefficient (Wildman–Crippen LogP) is 0.599. The second kappa shape index (κ2) is 5.16. The Morgan fingerprint density at radius 3 is 2.56 bits per heavy atom. The van der Waals surface area contributed by atoms with E-state index in [9.17, 15) is 5.11 Å². The van der Waals surface area contributed by atoms with E-state index in [4.69, 9.17) is 0 Å². The highest BCUT2D eigenvalue weighted by atomic mass is 79.9. The van der Waals surface area contributed by atoms with Crippen LogP contribution >= 0.6 is 15.9 Å². The van der Waals surface area contributed by atoms with Crippen molar-refractivity contribution in [3.8, 4) is 5.75 Å². The number of aromatic nitrogens is 2. The third kappa shape index (κ3) is 2.75. The van der Waals surface area contributed by atoms with Crippen molar-refractivity contribution in [2.75, 3.05) is 39.8 Å². The molecule has 1 fully saturated rings. The smallest absolute Gasteiger partial charge is 0.168 e. The molecule has 0 spiro atoms. The van der Waals surface area contributed by atoms with Crippen LogP contribution in [0.5, 0.6) is 5.75 Å². The summed E-state index contributed by atoms with van der Waals surface area (Å²) in [6.07, 6.45) is 1.47. The Hall–Kier alpha value is -0.590. The van der Waals surface area contributed by atoms with Crippen LogP contribution < -0.4 is 0 Å². The lowest BCUT2D eigenvalue weighted by Gasteiger charge is -2.32. The molecule has 2 heterocycles. The van der Waals surface area contributed by atoms with Gasteiger partial charge in [-0.05, 0) is 23.0 Å². The summed E-state index contributed by atoms with van der Waals surface area (Å²) in [5, 5.41) is 13.5. The van der Waals surface area contributed by atoms with Gasteiger partial charge in [0.2, 0.25) is 0 Å². The van der Waals surface area contributed by atoms with E-state index in [2.05, 4.69) is 37.9 Å². The molecule has 0 aliphatic carbocycles. The molecule has 0 amide bonds. The number of piperazine rings is 1. The van der Waals surface area contributed by atoms with Crippen molar-refractivity contribution < 1.29 is 5.11 Å². The minimum atomic E-state index is 0.207. The van der Waals surface area contributed by atoms with E-state index in [0.29, 0.717) is 4.60 Å². The molecule has 0 unspecified atom stereocenters. The number of hydrogen-bond donors (Lipinski definition) is 1. The monoisotopic (exact) mass is 288 g/mol. The van der Waals surface area contributed by atoms with Gasteiger partial charge in [-0.2, -0.15) is 5.10 Å². The van der Waals surface area contributed by atoms with Gasteiger partial charge in [0.25, 0.3) is 0 Å². The zero-order valence-electron chi connectivity index (χ0n) is 9.43. The van der Waals surface area contributed by atoms with Crippen LogP contribution in [0.25, 0.3) is 0 Å². The predicted molar refractivity (Wildman–Crippen MR) is 65.5 cm³/mol. The molecule has 0 saturated carbocycles. The molecule has 1 aliphatic rings. The fraction of sp³-hybridized carbons (Fsp3) is 0.700. The first-order chi connectivity index (χ1) is 7.66. The zero-order valence-corrected chi connectivity index (χ0v) is 11.0. The van der Waals surface area contributed by atoms with Gasteiger partial charge in [0.05, 0.1) is 12.7 Å². The highest BCUT2D eigenvalue weighted by molar-refractivity contribution is 9.10. The molecule has 0 aromatic carbocycles. The van der Waals surface area contributed by atoms with E-state index in [0.717, 1.165) is 39.3 Å². The van der Waals surface area contributed by atoms with E-state index in [1.54, 1.807) is 4.68 Å². The first-order valence-electron chi connectivity index (χ1n) is 5.48. The number of halogens is 1. The number of likely N-dealkylation sites (N-methyl/N-ethyl adjacent to an activating group) is 1. The van der Waals surface area contributed by atoms with Gasteiger partial charge in [0.1, 0.15) is 4.60 Å². The van der Waals surface area contributed by atoms with Gasteiger partial charge in [-0.1, -0.05) is 0 Å². The fourth-order valence-corrected chi connectivity index (χ4v) is 2.20. The van der Waals surface area contributed by atoms with Crippen LogP contribution in [0, 0.1) is 0 Å². The van der Waals surface area contributed by atoms with Crippen molar-refractivity contribution in [2.45, 2.75) is 6.54 Å². The Morgan fingerprint density at radius 2 is 2.00 bits per heavy atom. The van der Waals surface area contributed by atoms with Crippen molar-refractivity contribution in [3.05, 3.63) is 10.8 Å². The van der Waals surface area contributed by atoms with Gasteiger partial charge in [-0.15, -0.1) is 0 Å². The Morgan fingerprint density at radius 1 is 1.31 bits per heavy atom. The van der Waals surface area contributed by atoms with E-state index >= 15 is 0 Å². The summed E-state index contributed by atoms with van der Waals surface area (Å²) >= 11 is 3.31. The van der Waals surface area contributed by atoms with Crippen LogP contribution in [0.2, 0.25) is 0 Å². The van der Waals surface area contributed by atoms with Crippen molar-refractivity contribution in [3.63, 3.8) is 0 Å². The summed E-state index contributed by atoms with van der Waals surface area (Å²) in [6, 6.07) is 0. The van der Waals surface area contributed by atoms with Crippen molar-refractivity contribution in [1.29, 1.82) is 0 Å². The maximum atomic E-state index is 9.36. The Labute approximate surface area is 104 Å². The second-order valence-electron chi connectivity index (χ2n) is 4.19. The van der Waals surface area contributed by atoms with Gasteiger partial charge in [-0.3, -0.25) is 9.58 Å². The molecule has 1 aromatic heterocycles. The first kappa shape index (κ1) is 11.9. The zero-order chi connectivity index (χ0) is 11.5. The molecule has 5 nitrogen and oxygen atoms in total. The van der Waals surface area contributed by atoms with Gasteiger partial charge in [0.15, 0.2) is 5.75 Å². The molecule has 0 atom stereocenters. The Bertz CT molecular complexity index is 347. The average Bonchev–Trinajstić information content (AvgIpc) is 2.60. The van der Waals surface area contributed by atoms with E-state index < -0.39 is 0 Å². The van der Waals surface area contributed by atoms with Gasteiger partial charge >= 0.3 is 0 Å². The Balaban J connectivity index is 1.81. The molecule has 2 rings (SSSR count). The molecule has 1 aromatic rings. The largest absolute Gasteiger partial charge is 0.504 e. The summed E-state index contributed by atoms with van der Waals surface area (Å²) in [5.41, 5.74) is 0. The summed E-state index contributed by atoms with van der Waals surface area (Å²) in [5.74, 6) is 0.207. The van der Waals surface area contributed by atoms with E-state index in [-0.39, 0.29) is 5.75 Å². The number of aromatic hydroxyl groups is 1. The molecule has 6 heteroatoms. The van der Waals surface area contributed by atoms with Crippen LogP contribution in [-0.4, -0.2) is 64.5 Å². The summed E-state index contributed by atoms with van der Waals surface area (Å²) < 4.78 is 2.45. The molecule has 0 bridgehead atoms. The van der Waals surface area contributed by atoms with E-state index in [1.807, 2.05) is 0 Å². The van der Waals surface area contributed by atoms with Crippen LogP contribution in [0.15, 0.2) is 10.8 Å². The standard InChI is InChI=1S/C10H17BrN4O/c1-13-2-4-14(5-3-13)6-7-15-10(11)9(16)8-12-15/h8,16H,2-7H2,1H3. The number of rotatable bonds is 3. The normalized spacial score (nSPS) is 19.1. The second-order valence-corrected chi connectivity index (χ2v) is 4.94. The van der Waals surface area contributed by atoms with Crippen LogP contribution in [0.3, 0.4) is 0 Å². The molecular weight excluding hydrogens is 272 g/mol. The molecule has 1 saturated heterocycles. The lowest BCUT2D eigenvalue weighted by molar-refractivity contribution is 0.148. The maximum Gasteiger partial charge on any atom is 0.168 e. The van der Waals surface area contributed by atoms with Crippen molar-refractivity contribution >= 4 is 15.9 Å². The SMILES string of the molecule is CN1CCN(CCn2ncc(O)c2Br)CC1. The Kier molecular flexibility index (Phi) is 3.83. The lowest BCUT2D eigenvalue weighted by Crippen LogP contribution is -2.45. The van der Waals surface area contributed by atoms with Gasteiger partial charge in [0, 0.05) is 32.7 Å². The van der Waals surface area contributed by atoms with Crippen molar-refractivity contribution in [1.82, 2.24) is 19.6 Å². The van der Waals surface area contributed by atoms with Crippen LogP contribution in [0.1, 0.15) is 0 Å². The highest BCUT2D eigenvalue weighted by Crippen LogP contribution is 2.22. The third-order valence-corrected chi connectivity index (χ3v) is 3.80. The van der Waals surface area contributed by atoms with Crippen molar-refractivity contribution in [2.24, 2.45) is 0 Å². The van der Waals surface area contributed by atoms with E-state index in [1.165, 1.54) is 6.20 Å². The van der Waals surface area contributed by atoms with Gasteiger partial charge in [-0.25, -0.2) is 0 Å². The molecule has 1 aliphatic heterocycles. The third-order valence-electron chi connectivity index (χ3n) is 2.98. The fourth-order valence-electron chi connectivity index (χ4n) is 1.82. The molecular formula is C10H17BrN4O. The number of hydrogen-bond acceptors (Lipinski definition) is 4. The minimum Gasteiger partial charge on any atom is -0.504 e. The molecule has 90 valence electrons. The summed E-state index contributed by atoms with van der Waals surface area (Å²) in [4.78, 5) is 4.76. The first-order valence-corrected chi connectivity index (χ1v) is 6.27. The number of nitrogens with zero attached hydrogens (tertiary/aromatic N) is 4. The summed E-state index contributed by atoms with van der Waals surface area (Å²) in [6.45, 7) is 6.28. The molecule has 1 N–H and O–H groups in total. The van der Waals surface area contributed by atoms with Crippen LogP contribution in [-0.2, 0) is 6.54 Å². The maximum absolute atomic E-state index is 9.36. The van der Waals surface area contributed by atoms with Gasteiger partial charge < -0.3 is 10.0 Å². The quantitative estimate of drug-likeness (QED) is 0.885. The molecule has 0 radical (unpaired) electrons. The van der Waals surface area contributed by atoms with Crippen LogP contribution in [0.4, 0.5) is 0 Å². The minimum absolute atomic E-state index is 0.207. The highest BCUT2D eigenvalue weighted by Gasteiger charge is 2.14. The lowest BCUT2D eigenvalue weighted by atomic mass is 10.3. The average molecular weight is 289 g/mol.